The zero-order valence-corrected chi connectivity index (χ0v) is 12.1. The average molecular weight is 319 g/mol. The zero-order chi connectivity index (χ0) is 15.3. The third-order valence-corrected chi connectivity index (χ3v) is 5.62. The van der Waals surface area contributed by atoms with Gasteiger partial charge in [0.1, 0.15) is 4.88 Å². The molecule has 2 bridgehead atoms. The zero-order valence-electron chi connectivity index (χ0n) is 11.3. The van der Waals surface area contributed by atoms with Crippen molar-refractivity contribution in [1.29, 1.82) is 0 Å². The van der Waals surface area contributed by atoms with Crippen LogP contribution in [-0.2, 0) is 17.5 Å². The largest absolute Gasteiger partial charge is 0.481 e. The minimum Gasteiger partial charge on any atom is -0.481 e. The van der Waals surface area contributed by atoms with Gasteiger partial charge in [-0.05, 0) is 42.2 Å². The summed E-state index contributed by atoms with van der Waals surface area (Å²) in [7, 11) is 0. The molecule has 0 radical (unpaired) electrons. The first-order valence-corrected chi connectivity index (χ1v) is 7.78. The summed E-state index contributed by atoms with van der Waals surface area (Å²) in [6.45, 7) is 1.36. The quantitative estimate of drug-likeness (QED) is 0.901. The van der Waals surface area contributed by atoms with Crippen LogP contribution in [0.2, 0.25) is 0 Å². The molecule has 0 spiro atoms. The molecule has 4 rings (SSSR count). The molecule has 3 nitrogen and oxygen atoms in total. The predicted molar refractivity (Wildman–Crippen MR) is 72.1 cm³/mol. The lowest BCUT2D eigenvalue weighted by atomic mass is 9.70. The van der Waals surface area contributed by atoms with Crippen LogP contribution in [0.25, 0.3) is 0 Å². The Morgan fingerprint density at radius 2 is 2.19 bits per heavy atom. The fraction of sp³-hybridized carbons (Fsp3) is 0.643. The van der Waals surface area contributed by atoms with E-state index in [-0.39, 0.29) is 12.0 Å². The summed E-state index contributed by atoms with van der Waals surface area (Å²) in [5.74, 6) is -0.228. The third kappa shape index (κ3) is 2.81. The molecule has 1 aromatic heterocycles. The molecule has 1 aromatic rings. The van der Waals surface area contributed by atoms with Crippen LogP contribution in [0.4, 0.5) is 13.2 Å². The molecule has 1 saturated carbocycles. The lowest BCUT2D eigenvalue weighted by molar-refractivity contribution is -0.138. The summed E-state index contributed by atoms with van der Waals surface area (Å²) in [6.07, 6.45) is -1.60. The summed E-state index contributed by atoms with van der Waals surface area (Å²) < 4.78 is 37.8. The molecule has 0 amide bonds. The molecular formula is C14H16F3NO2S. The Bertz CT molecular complexity index is 549. The van der Waals surface area contributed by atoms with Crippen molar-refractivity contribution in [1.82, 2.24) is 4.90 Å². The van der Waals surface area contributed by atoms with E-state index in [0.717, 1.165) is 30.7 Å². The SMILES string of the molecule is O=C(O)CCC12CC(CN1Cc1csc(C(F)(F)F)c1)C2. The van der Waals surface area contributed by atoms with Gasteiger partial charge in [0.2, 0.25) is 0 Å². The van der Waals surface area contributed by atoms with Gasteiger partial charge in [-0.25, -0.2) is 0 Å². The molecule has 116 valence electrons. The average Bonchev–Trinajstić information content (AvgIpc) is 2.97. The molecule has 2 aliphatic heterocycles. The molecule has 2 saturated heterocycles. The summed E-state index contributed by atoms with van der Waals surface area (Å²) in [5.41, 5.74) is 0.582. The Labute approximate surface area is 124 Å². The van der Waals surface area contributed by atoms with Gasteiger partial charge in [0.15, 0.2) is 0 Å². The minimum atomic E-state index is -4.28. The second kappa shape index (κ2) is 4.98. The Morgan fingerprint density at radius 3 is 2.76 bits per heavy atom. The van der Waals surface area contributed by atoms with E-state index in [1.807, 2.05) is 0 Å². The Hall–Kier alpha value is -1.08. The van der Waals surface area contributed by atoms with Crippen molar-refractivity contribution in [2.75, 3.05) is 6.54 Å². The first kappa shape index (κ1) is 14.8. The van der Waals surface area contributed by atoms with Crippen molar-refractivity contribution in [2.45, 2.75) is 43.9 Å². The topological polar surface area (TPSA) is 40.5 Å². The van der Waals surface area contributed by atoms with E-state index >= 15 is 0 Å². The molecular weight excluding hydrogens is 303 g/mol. The number of rotatable bonds is 5. The number of carboxylic acid groups (broad SMARTS) is 1. The highest BCUT2D eigenvalue weighted by atomic mass is 32.1. The number of carboxylic acids is 1. The number of halogens is 3. The van der Waals surface area contributed by atoms with E-state index in [4.69, 9.17) is 5.11 Å². The van der Waals surface area contributed by atoms with Gasteiger partial charge in [0, 0.05) is 25.0 Å². The van der Waals surface area contributed by atoms with Gasteiger partial charge in [-0.1, -0.05) is 0 Å². The second-order valence-corrected chi connectivity index (χ2v) is 7.00. The fourth-order valence-electron chi connectivity index (χ4n) is 3.67. The maximum Gasteiger partial charge on any atom is 0.425 e. The van der Waals surface area contributed by atoms with Crippen LogP contribution in [0.5, 0.6) is 0 Å². The van der Waals surface area contributed by atoms with Crippen LogP contribution in [-0.4, -0.2) is 28.1 Å². The van der Waals surface area contributed by atoms with Gasteiger partial charge in [0.05, 0.1) is 0 Å². The van der Waals surface area contributed by atoms with Crippen LogP contribution in [0, 0.1) is 5.92 Å². The van der Waals surface area contributed by atoms with E-state index in [1.165, 1.54) is 6.07 Å². The van der Waals surface area contributed by atoms with Crippen molar-refractivity contribution in [3.63, 3.8) is 0 Å². The number of carbonyl (C=O) groups is 1. The predicted octanol–water partition coefficient (Wildman–Crippen LogP) is 3.60. The maximum absolute atomic E-state index is 12.6. The highest BCUT2D eigenvalue weighted by Crippen LogP contribution is 2.53. The van der Waals surface area contributed by atoms with Gasteiger partial charge in [-0.2, -0.15) is 13.2 Å². The second-order valence-electron chi connectivity index (χ2n) is 6.09. The van der Waals surface area contributed by atoms with Crippen LogP contribution in [0.1, 0.15) is 36.1 Å². The van der Waals surface area contributed by atoms with E-state index in [2.05, 4.69) is 4.90 Å². The van der Waals surface area contributed by atoms with E-state index < -0.39 is 17.0 Å². The lowest BCUT2D eigenvalue weighted by Gasteiger charge is -2.42. The molecule has 0 aromatic carbocycles. The minimum absolute atomic E-state index is 0.0939. The van der Waals surface area contributed by atoms with E-state index in [0.29, 0.717) is 24.4 Å². The molecule has 1 aliphatic carbocycles. The number of thiophene rings is 1. The molecule has 3 aliphatic rings. The van der Waals surface area contributed by atoms with Crippen molar-refractivity contribution in [3.05, 3.63) is 21.9 Å². The van der Waals surface area contributed by atoms with Gasteiger partial charge < -0.3 is 5.11 Å². The highest BCUT2D eigenvalue weighted by Gasteiger charge is 2.55. The van der Waals surface area contributed by atoms with E-state index in [9.17, 15) is 18.0 Å². The third-order valence-electron chi connectivity index (χ3n) is 4.60. The maximum atomic E-state index is 12.6. The van der Waals surface area contributed by atoms with Gasteiger partial charge >= 0.3 is 12.1 Å². The molecule has 7 heteroatoms. The van der Waals surface area contributed by atoms with Crippen LogP contribution in [0.3, 0.4) is 0 Å². The fourth-order valence-corrected chi connectivity index (χ4v) is 4.44. The van der Waals surface area contributed by atoms with Crippen molar-refractivity contribution in [3.8, 4) is 0 Å². The van der Waals surface area contributed by atoms with Crippen molar-refractivity contribution in [2.24, 2.45) is 5.92 Å². The monoisotopic (exact) mass is 319 g/mol. The number of aliphatic carboxylic acids is 1. The first-order valence-electron chi connectivity index (χ1n) is 6.90. The Morgan fingerprint density at radius 1 is 1.48 bits per heavy atom. The lowest BCUT2D eigenvalue weighted by Crippen LogP contribution is -2.45. The highest BCUT2D eigenvalue weighted by molar-refractivity contribution is 7.10. The van der Waals surface area contributed by atoms with Gasteiger partial charge in [0.25, 0.3) is 0 Å². The number of hydrogen-bond donors (Lipinski definition) is 1. The first-order chi connectivity index (χ1) is 9.78. The molecule has 3 heterocycles. The standard InChI is InChI=1S/C14H16F3NO2S/c15-14(16,17)11-3-9(8-21-11)6-18-7-10-4-13(18,5-10)2-1-12(19)20/h3,8,10H,1-2,4-7H2,(H,19,20). The van der Waals surface area contributed by atoms with Gasteiger partial charge in [-0.15, -0.1) is 11.3 Å². The molecule has 3 fully saturated rings. The summed E-state index contributed by atoms with van der Waals surface area (Å²) >= 11 is 0.726. The normalized spacial score (nSPS) is 28.6. The van der Waals surface area contributed by atoms with Crippen molar-refractivity contribution < 1.29 is 23.1 Å². The molecule has 0 atom stereocenters. The van der Waals surface area contributed by atoms with Crippen molar-refractivity contribution >= 4 is 17.3 Å². The van der Waals surface area contributed by atoms with Gasteiger partial charge in [-0.3, -0.25) is 9.69 Å². The van der Waals surface area contributed by atoms with Crippen LogP contribution < -0.4 is 0 Å². The Kier molecular flexibility index (Phi) is 3.52. The molecule has 1 N–H and O–H groups in total. The van der Waals surface area contributed by atoms with E-state index in [1.54, 1.807) is 5.38 Å². The number of nitrogens with zero attached hydrogens (tertiary/aromatic N) is 1. The number of fused-ring (bicyclic) bond motifs is 1. The number of hydrogen-bond acceptors (Lipinski definition) is 3. The van der Waals surface area contributed by atoms with Crippen LogP contribution in [0.15, 0.2) is 11.4 Å². The molecule has 0 unspecified atom stereocenters. The van der Waals surface area contributed by atoms with Crippen LogP contribution >= 0.6 is 11.3 Å². The smallest absolute Gasteiger partial charge is 0.425 e. The summed E-state index contributed by atoms with van der Waals surface area (Å²) in [4.78, 5) is 12.4. The number of alkyl halides is 3. The summed E-state index contributed by atoms with van der Waals surface area (Å²) in [6, 6.07) is 1.21. The Balaban J connectivity index is 1.67. The summed E-state index contributed by atoms with van der Waals surface area (Å²) in [5, 5.41) is 10.4. The molecule has 21 heavy (non-hydrogen) atoms.